The predicted octanol–water partition coefficient (Wildman–Crippen LogP) is 3.78. The van der Waals surface area contributed by atoms with Gasteiger partial charge in [-0.3, -0.25) is 0 Å². The minimum absolute atomic E-state index is 0.255. The molecular weight excluding hydrogens is 459 g/mol. The van der Waals surface area contributed by atoms with E-state index in [1.54, 1.807) is 6.26 Å². The maximum atomic E-state index is 12.3. The molecule has 2 aromatic heterocycles. The summed E-state index contributed by atoms with van der Waals surface area (Å²) in [6, 6.07) is 0. The van der Waals surface area contributed by atoms with Crippen LogP contribution in [0.1, 0.15) is 10.0 Å². The van der Waals surface area contributed by atoms with Crippen LogP contribution in [0.4, 0.5) is 17.6 Å². The molecule has 6 nitrogen and oxygen atoms in total. The summed E-state index contributed by atoms with van der Waals surface area (Å²) in [6.45, 7) is 0. The maximum Gasteiger partial charge on any atom is 0.375 e. The van der Waals surface area contributed by atoms with E-state index in [1.807, 2.05) is 0 Å². The van der Waals surface area contributed by atoms with Crippen LogP contribution >= 0.6 is 57.6 Å². The predicted molar refractivity (Wildman–Crippen MR) is 84.2 cm³/mol. The van der Waals surface area contributed by atoms with Crippen LogP contribution < -0.4 is 0 Å². The van der Waals surface area contributed by atoms with Crippen LogP contribution in [0.15, 0.2) is 8.68 Å². The summed E-state index contributed by atoms with van der Waals surface area (Å²) in [6.07, 6.45) is 2.58. The highest BCUT2D eigenvalue weighted by molar-refractivity contribution is 8.00. The Morgan fingerprint density at radius 2 is 1.42 bits per heavy atom. The Morgan fingerprint density at radius 3 is 1.67 bits per heavy atom. The van der Waals surface area contributed by atoms with Gasteiger partial charge in [0, 0.05) is 6.26 Å². The van der Waals surface area contributed by atoms with Crippen LogP contribution in [0.3, 0.4) is 0 Å². The molecule has 0 saturated carbocycles. The van der Waals surface area contributed by atoms with E-state index >= 15 is 0 Å². The van der Waals surface area contributed by atoms with Gasteiger partial charge in [-0.15, -0.1) is 20.4 Å². The lowest BCUT2D eigenvalue weighted by Crippen LogP contribution is -2.01. The van der Waals surface area contributed by atoms with Crippen LogP contribution in [0, 0.1) is 0 Å². The summed E-state index contributed by atoms with van der Waals surface area (Å²) in [5.41, 5.74) is 0. The molecule has 24 heavy (non-hydrogen) atoms. The fourth-order valence-corrected chi connectivity index (χ4v) is 3.80. The zero-order valence-corrected chi connectivity index (χ0v) is 16.3. The third-order valence-corrected chi connectivity index (χ3v) is 7.00. The minimum Gasteiger partial charge on any atom is -0.221 e. The topological polar surface area (TPSA) is 85.7 Å². The number of sulfone groups is 1. The summed E-state index contributed by atoms with van der Waals surface area (Å²) >= 11 is 11.6. The van der Waals surface area contributed by atoms with Gasteiger partial charge in [0.05, 0.1) is 0 Å². The molecule has 0 aliphatic rings. The van der Waals surface area contributed by atoms with Crippen molar-refractivity contribution in [3.63, 3.8) is 0 Å². The smallest absolute Gasteiger partial charge is 0.221 e. The Morgan fingerprint density at radius 1 is 0.958 bits per heavy atom. The first-order valence-corrected chi connectivity index (χ1v) is 10.8. The average molecular weight is 465 g/mol. The van der Waals surface area contributed by atoms with Gasteiger partial charge in [0.1, 0.15) is 0 Å². The van der Waals surface area contributed by atoms with Crippen molar-refractivity contribution in [3.8, 4) is 0 Å². The van der Waals surface area contributed by atoms with Gasteiger partial charge in [-0.2, -0.15) is 17.6 Å². The normalized spacial score (nSPS) is 12.7. The molecular formula is C8H6Cl2F4N4O2S4. The molecule has 0 fully saturated rings. The first-order valence-electron chi connectivity index (χ1n) is 5.30. The fraction of sp³-hybridized carbons (Fsp3) is 0.500. The average Bonchev–Trinajstić information content (AvgIpc) is 3.07. The van der Waals surface area contributed by atoms with Gasteiger partial charge in [-0.1, -0.05) is 34.4 Å². The fourth-order valence-electron chi connectivity index (χ4n) is 0.881. The quantitative estimate of drug-likeness (QED) is 0.386. The van der Waals surface area contributed by atoms with Crippen LogP contribution in [-0.4, -0.2) is 41.3 Å². The molecule has 2 rings (SSSR count). The van der Waals surface area contributed by atoms with Crippen molar-refractivity contribution in [2.45, 2.75) is 19.4 Å². The number of aromatic nitrogens is 4. The zero-order chi connectivity index (χ0) is 18.8. The number of hydrogen-bond acceptors (Lipinski definition) is 9. The highest BCUT2D eigenvalue weighted by Gasteiger charge is 2.34. The summed E-state index contributed by atoms with van der Waals surface area (Å²) < 4.78 is 70.8. The molecule has 2 heterocycles. The van der Waals surface area contributed by atoms with E-state index in [9.17, 15) is 26.0 Å². The number of alkyl halides is 6. The lowest BCUT2D eigenvalue weighted by Gasteiger charge is -1.98. The summed E-state index contributed by atoms with van der Waals surface area (Å²) in [4.78, 5) is 0. The Hall–Kier alpha value is -0.280. The van der Waals surface area contributed by atoms with Gasteiger partial charge in [0.25, 0.3) is 0 Å². The molecule has 0 bridgehead atoms. The largest absolute Gasteiger partial charge is 0.375 e. The van der Waals surface area contributed by atoms with Gasteiger partial charge < -0.3 is 0 Å². The van der Waals surface area contributed by atoms with Gasteiger partial charge in [-0.25, -0.2) is 8.42 Å². The van der Waals surface area contributed by atoms with Gasteiger partial charge >= 0.3 is 10.8 Å². The SMILES string of the molecule is CS(=O)(=O)c1nnc(C(F)(F)Cl)s1.CSc1nnc(C(F)(F)Cl)s1. The lowest BCUT2D eigenvalue weighted by atomic mass is 10.7. The molecule has 0 saturated heterocycles. The van der Waals surface area contributed by atoms with Crippen LogP contribution in [0.5, 0.6) is 0 Å². The van der Waals surface area contributed by atoms with Gasteiger partial charge in [0.15, 0.2) is 4.34 Å². The Balaban J connectivity index is 0.000000243. The van der Waals surface area contributed by atoms with Gasteiger partial charge in [0.2, 0.25) is 24.2 Å². The second kappa shape index (κ2) is 7.95. The van der Waals surface area contributed by atoms with E-state index in [1.165, 1.54) is 11.8 Å². The second-order valence-electron chi connectivity index (χ2n) is 3.72. The molecule has 0 aliphatic heterocycles. The zero-order valence-electron chi connectivity index (χ0n) is 11.5. The van der Waals surface area contributed by atoms with E-state index in [2.05, 4.69) is 32.0 Å². The molecule has 0 N–H and O–H groups in total. The van der Waals surface area contributed by atoms with E-state index in [0.717, 1.165) is 17.6 Å². The van der Waals surface area contributed by atoms with Gasteiger partial charge in [-0.05, 0) is 29.5 Å². The van der Waals surface area contributed by atoms with E-state index < -0.39 is 35.0 Å². The molecule has 0 unspecified atom stereocenters. The summed E-state index contributed by atoms with van der Waals surface area (Å²) in [7, 11) is -3.59. The van der Waals surface area contributed by atoms with Crippen LogP contribution in [0.2, 0.25) is 0 Å². The highest BCUT2D eigenvalue weighted by atomic mass is 35.5. The van der Waals surface area contributed by atoms with Crippen molar-refractivity contribution in [2.75, 3.05) is 12.5 Å². The van der Waals surface area contributed by atoms with Crippen molar-refractivity contribution in [3.05, 3.63) is 10.0 Å². The molecule has 0 spiro atoms. The van der Waals surface area contributed by atoms with E-state index in [0.29, 0.717) is 4.34 Å². The van der Waals surface area contributed by atoms with Crippen molar-refractivity contribution in [2.24, 2.45) is 0 Å². The molecule has 0 amide bonds. The molecule has 0 aliphatic carbocycles. The monoisotopic (exact) mass is 464 g/mol. The molecule has 16 heteroatoms. The highest BCUT2D eigenvalue weighted by Crippen LogP contribution is 2.36. The number of rotatable bonds is 4. The minimum atomic E-state index is -3.67. The maximum absolute atomic E-state index is 12.3. The van der Waals surface area contributed by atoms with E-state index in [-0.39, 0.29) is 11.3 Å². The first kappa shape index (κ1) is 21.8. The van der Waals surface area contributed by atoms with Crippen LogP contribution in [0.25, 0.3) is 0 Å². The molecule has 0 atom stereocenters. The third-order valence-electron chi connectivity index (χ3n) is 1.79. The number of nitrogens with zero attached hydrogens (tertiary/aromatic N) is 4. The van der Waals surface area contributed by atoms with Crippen molar-refractivity contribution in [1.82, 2.24) is 20.4 Å². The van der Waals surface area contributed by atoms with Crippen molar-refractivity contribution < 1.29 is 26.0 Å². The lowest BCUT2D eigenvalue weighted by molar-refractivity contribution is 0.0933. The van der Waals surface area contributed by atoms with Crippen molar-refractivity contribution in [1.29, 1.82) is 0 Å². The number of hydrogen-bond donors (Lipinski definition) is 0. The number of thioether (sulfide) groups is 1. The summed E-state index contributed by atoms with van der Waals surface area (Å²) in [5, 5.41) is 4.39. The second-order valence-corrected chi connectivity index (χ2v) is 9.87. The Bertz CT molecular complexity index is 787. The summed E-state index contributed by atoms with van der Waals surface area (Å²) in [5.74, 6) is 0. The Labute approximate surface area is 155 Å². The van der Waals surface area contributed by atoms with E-state index in [4.69, 9.17) is 11.6 Å². The Kier molecular flexibility index (Phi) is 7.21. The molecule has 2 aromatic rings. The first-order chi connectivity index (χ1) is 10.7. The molecule has 136 valence electrons. The standard InChI is InChI=1S/C4H3ClF2N2O2S2.C4H3ClF2N2S2/c1-13(10,11)3-9-8-2(12-3)4(5,6)7;1-10-3-9-8-2(11-3)4(5,6)7/h1H3;1H3. The third kappa shape index (κ3) is 6.55. The number of halogens is 6. The molecule has 0 radical (unpaired) electrons. The van der Waals surface area contributed by atoms with Crippen LogP contribution in [-0.2, 0) is 20.6 Å². The van der Waals surface area contributed by atoms with Crippen molar-refractivity contribution >= 4 is 67.5 Å². The molecule has 0 aromatic carbocycles.